The van der Waals surface area contributed by atoms with Crippen molar-refractivity contribution in [2.24, 2.45) is 0 Å². The Labute approximate surface area is 136 Å². The van der Waals surface area contributed by atoms with Gasteiger partial charge in [-0.25, -0.2) is 17.2 Å². The van der Waals surface area contributed by atoms with Crippen molar-refractivity contribution in [1.82, 2.24) is 10.2 Å². The number of nitrogens with zero attached hydrogens (tertiary/aromatic N) is 2. The third-order valence-corrected chi connectivity index (χ3v) is 4.66. The molecular weight excluding hydrogens is 338 g/mol. The lowest BCUT2D eigenvalue weighted by molar-refractivity contribution is 0.402. The second kappa shape index (κ2) is 6.48. The first kappa shape index (κ1) is 16.3. The van der Waals surface area contributed by atoms with Gasteiger partial charge in [0.25, 0.3) is 0 Å². The van der Waals surface area contributed by atoms with Crippen molar-refractivity contribution >= 4 is 9.84 Å². The lowest BCUT2D eigenvalue weighted by Crippen LogP contribution is -2.05. The molecule has 8 heteroatoms. The molecule has 3 aromatic rings. The highest BCUT2D eigenvalue weighted by atomic mass is 32.2. The largest absolute Gasteiger partial charge is 0.412 e. The summed E-state index contributed by atoms with van der Waals surface area (Å²) in [4.78, 5) is 0. The molecule has 1 aromatic heterocycles. The van der Waals surface area contributed by atoms with Crippen LogP contribution in [0.4, 0.5) is 8.78 Å². The lowest BCUT2D eigenvalue weighted by atomic mass is 10.1. The van der Waals surface area contributed by atoms with Crippen molar-refractivity contribution in [3.05, 3.63) is 77.2 Å². The van der Waals surface area contributed by atoms with Crippen LogP contribution in [0.2, 0.25) is 0 Å². The monoisotopic (exact) mass is 350 g/mol. The maximum atomic E-state index is 12.9. The normalized spacial score (nSPS) is 11.6. The van der Waals surface area contributed by atoms with E-state index in [0.717, 1.165) is 0 Å². The molecule has 0 aliphatic rings. The van der Waals surface area contributed by atoms with Gasteiger partial charge in [0, 0.05) is 0 Å². The van der Waals surface area contributed by atoms with Crippen LogP contribution in [0.5, 0.6) is 0 Å². The highest BCUT2D eigenvalue weighted by molar-refractivity contribution is 7.90. The lowest BCUT2D eigenvalue weighted by Gasteiger charge is -2.00. The topological polar surface area (TPSA) is 73.1 Å². The molecule has 0 saturated carbocycles. The fourth-order valence-corrected chi connectivity index (χ4v) is 3.22. The Bertz CT molecular complexity index is 936. The molecule has 0 saturated heterocycles. The number of benzene rings is 2. The molecule has 1 heterocycles. The van der Waals surface area contributed by atoms with Crippen LogP contribution in [0.25, 0.3) is 0 Å². The minimum Gasteiger partial charge on any atom is -0.412 e. The molecule has 0 fully saturated rings. The molecule has 124 valence electrons. The molecule has 0 N–H and O–H groups in total. The van der Waals surface area contributed by atoms with Gasteiger partial charge in [0.05, 0.1) is 12.2 Å². The standard InChI is InChI=1S/C16H12F2N2O3S/c17-13-5-1-11(2-6-13)9-15-19-20-16(23-15)24(21,22)10-12-3-7-14(18)8-4-12/h1-8H,9-10H2. The van der Waals surface area contributed by atoms with Crippen LogP contribution in [0.3, 0.4) is 0 Å². The van der Waals surface area contributed by atoms with Gasteiger partial charge in [0.2, 0.25) is 15.7 Å². The molecule has 24 heavy (non-hydrogen) atoms. The summed E-state index contributed by atoms with van der Waals surface area (Å²) < 4.78 is 55.4. The minimum absolute atomic E-state index is 0.110. The molecule has 3 rings (SSSR count). The van der Waals surface area contributed by atoms with Crippen LogP contribution in [0, 0.1) is 11.6 Å². The van der Waals surface area contributed by atoms with Gasteiger partial charge >= 0.3 is 5.22 Å². The summed E-state index contributed by atoms with van der Waals surface area (Å²) in [5, 5.41) is 6.77. The number of sulfone groups is 1. The summed E-state index contributed by atoms with van der Waals surface area (Å²) in [6.45, 7) is 0. The highest BCUT2D eigenvalue weighted by Gasteiger charge is 2.23. The van der Waals surface area contributed by atoms with Gasteiger partial charge in [-0.2, -0.15) is 0 Å². The van der Waals surface area contributed by atoms with Gasteiger partial charge in [0.1, 0.15) is 11.6 Å². The van der Waals surface area contributed by atoms with Crippen LogP contribution in [0.15, 0.2) is 58.2 Å². The van der Waals surface area contributed by atoms with E-state index in [4.69, 9.17) is 4.42 Å². The van der Waals surface area contributed by atoms with Gasteiger partial charge in [-0.15, -0.1) is 5.10 Å². The summed E-state index contributed by atoms with van der Waals surface area (Å²) in [5.41, 5.74) is 1.12. The van der Waals surface area contributed by atoms with Crippen molar-refractivity contribution in [2.45, 2.75) is 17.4 Å². The molecule has 0 amide bonds. The van der Waals surface area contributed by atoms with Crippen LogP contribution >= 0.6 is 0 Å². The molecule has 2 aromatic carbocycles. The predicted molar refractivity (Wildman–Crippen MR) is 80.8 cm³/mol. The molecule has 0 aliphatic heterocycles. The molecule has 0 spiro atoms. The van der Waals surface area contributed by atoms with Crippen LogP contribution < -0.4 is 0 Å². The van der Waals surface area contributed by atoms with Crippen molar-refractivity contribution in [3.63, 3.8) is 0 Å². The van der Waals surface area contributed by atoms with Crippen molar-refractivity contribution < 1.29 is 21.6 Å². The first-order valence-corrected chi connectivity index (χ1v) is 8.62. The van der Waals surface area contributed by atoms with E-state index in [1.165, 1.54) is 36.4 Å². The van der Waals surface area contributed by atoms with E-state index in [2.05, 4.69) is 10.2 Å². The number of rotatable bonds is 5. The second-order valence-corrected chi connectivity index (χ2v) is 7.02. The Morgan fingerprint density at radius 3 is 1.96 bits per heavy atom. The van der Waals surface area contributed by atoms with E-state index >= 15 is 0 Å². The summed E-state index contributed by atoms with van der Waals surface area (Å²) in [7, 11) is -3.83. The first-order chi connectivity index (χ1) is 11.4. The number of hydrogen-bond donors (Lipinski definition) is 0. The van der Waals surface area contributed by atoms with Crippen LogP contribution in [0.1, 0.15) is 17.0 Å². The third-order valence-electron chi connectivity index (χ3n) is 3.25. The fourth-order valence-electron chi connectivity index (χ4n) is 2.07. The zero-order valence-corrected chi connectivity index (χ0v) is 13.1. The maximum Gasteiger partial charge on any atom is 0.335 e. The first-order valence-electron chi connectivity index (χ1n) is 6.96. The van der Waals surface area contributed by atoms with E-state index in [1.54, 1.807) is 12.1 Å². The molecule has 0 unspecified atom stereocenters. The summed E-state index contributed by atoms with van der Waals surface area (Å²) in [5.74, 6) is -1.08. The van der Waals surface area contributed by atoms with Gasteiger partial charge in [-0.3, -0.25) is 0 Å². The Kier molecular flexibility index (Phi) is 4.39. The average Bonchev–Trinajstić information content (AvgIpc) is 3.01. The van der Waals surface area contributed by atoms with E-state index in [0.29, 0.717) is 11.1 Å². The van der Waals surface area contributed by atoms with Crippen molar-refractivity contribution in [1.29, 1.82) is 0 Å². The van der Waals surface area contributed by atoms with Gasteiger partial charge in [-0.1, -0.05) is 29.4 Å². The third kappa shape index (κ3) is 3.83. The van der Waals surface area contributed by atoms with E-state index in [9.17, 15) is 17.2 Å². The number of halogens is 2. The van der Waals surface area contributed by atoms with Crippen molar-refractivity contribution in [3.8, 4) is 0 Å². The SMILES string of the molecule is O=S(=O)(Cc1ccc(F)cc1)c1nnc(Cc2ccc(F)cc2)o1. The molecule has 5 nitrogen and oxygen atoms in total. The van der Waals surface area contributed by atoms with Gasteiger partial charge < -0.3 is 4.42 Å². The quantitative estimate of drug-likeness (QED) is 0.707. The highest BCUT2D eigenvalue weighted by Crippen LogP contribution is 2.17. The Balaban J connectivity index is 1.76. The van der Waals surface area contributed by atoms with E-state index in [1.807, 2.05) is 0 Å². The summed E-state index contributed by atoms with van der Waals surface area (Å²) in [6.07, 6.45) is 0.194. The van der Waals surface area contributed by atoms with Gasteiger partial charge in [-0.05, 0) is 35.4 Å². The van der Waals surface area contributed by atoms with Crippen molar-refractivity contribution in [2.75, 3.05) is 0 Å². The molecular formula is C16H12F2N2O3S. The van der Waals surface area contributed by atoms with Crippen LogP contribution in [-0.4, -0.2) is 18.6 Å². The fraction of sp³-hybridized carbons (Fsp3) is 0.125. The maximum absolute atomic E-state index is 12.9. The van der Waals surface area contributed by atoms with E-state index in [-0.39, 0.29) is 23.9 Å². The Morgan fingerprint density at radius 2 is 1.38 bits per heavy atom. The predicted octanol–water partition coefficient (Wildman–Crippen LogP) is 2.91. The second-order valence-electron chi connectivity index (χ2n) is 5.15. The molecule has 0 atom stereocenters. The minimum atomic E-state index is -3.83. The van der Waals surface area contributed by atoms with Crippen LogP contribution in [-0.2, 0) is 22.0 Å². The molecule has 0 bridgehead atoms. The summed E-state index contributed by atoms with van der Waals surface area (Å²) in [6, 6.07) is 10.8. The summed E-state index contributed by atoms with van der Waals surface area (Å²) >= 11 is 0. The molecule has 0 radical (unpaired) electrons. The number of aromatic nitrogens is 2. The number of hydrogen-bond acceptors (Lipinski definition) is 5. The van der Waals surface area contributed by atoms with Gasteiger partial charge in [0.15, 0.2) is 0 Å². The Hall–Kier alpha value is -2.61. The average molecular weight is 350 g/mol. The zero-order valence-electron chi connectivity index (χ0n) is 12.3. The Morgan fingerprint density at radius 1 is 0.833 bits per heavy atom. The van der Waals surface area contributed by atoms with E-state index < -0.39 is 20.9 Å². The molecule has 0 aliphatic carbocycles. The zero-order chi connectivity index (χ0) is 17.2. The smallest absolute Gasteiger partial charge is 0.335 e.